The molecule has 106 valence electrons. The maximum Gasteiger partial charge on any atom is 0.331 e. The normalized spacial score (nSPS) is 26.7. The highest BCUT2D eigenvalue weighted by Crippen LogP contribution is 2.20. The minimum Gasteiger partial charge on any atom is -0.479 e. The SMILES string of the molecule is O=C(CCN1CCSC1=O)NC1(C(=O)O)CCOC1. The first-order valence-corrected chi connectivity index (χ1v) is 7.06. The smallest absolute Gasteiger partial charge is 0.331 e. The summed E-state index contributed by atoms with van der Waals surface area (Å²) in [4.78, 5) is 36.0. The summed E-state index contributed by atoms with van der Waals surface area (Å²) < 4.78 is 5.05. The molecule has 0 spiro atoms. The van der Waals surface area contributed by atoms with Crippen molar-refractivity contribution in [1.82, 2.24) is 10.2 Å². The minimum atomic E-state index is -1.30. The number of ether oxygens (including phenoxy) is 1. The van der Waals surface area contributed by atoms with Gasteiger partial charge in [-0.15, -0.1) is 0 Å². The largest absolute Gasteiger partial charge is 0.479 e. The Labute approximate surface area is 114 Å². The zero-order valence-corrected chi connectivity index (χ0v) is 11.2. The Kier molecular flexibility index (Phi) is 4.31. The van der Waals surface area contributed by atoms with Crippen molar-refractivity contribution in [3.63, 3.8) is 0 Å². The third-order valence-electron chi connectivity index (χ3n) is 3.26. The number of hydrogen-bond donors (Lipinski definition) is 2. The Morgan fingerprint density at radius 1 is 1.53 bits per heavy atom. The highest BCUT2D eigenvalue weighted by molar-refractivity contribution is 8.13. The molecular weight excluding hydrogens is 272 g/mol. The van der Waals surface area contributed by atoms with Crippen molar-refractivity contribution in [3.05, 3.63) is 0 Å². The number of carbonyl (C=O) groups is 3. The first kappa shape index (κ1) is 14.1. The van der Waals surface area contributed by atoms with Gasteiger partial charge in [-0.1, -0.05) is 11.8 Å². The van der Waals surface area contributed by atoms with Gasteiger partial charge < -0.3 is 20.1 Å². The third kappa shape index (κ3) is 3.19. The summed E-state index contributed by atoms with van der Waals surface area (Å²) in [5.74, 6) is -0.698. The molecule has 1 atom stereocenters. The van der Waals surface area contributed by atoms with Gasteiger partial charge in [-0.25, -0.2) is 4.79 Å². The molecule has 0 aromatic carbocycles. The van der Waals surface area contributed by atoms with Gasteiger partial charge in [-0.2, -0.15) is 0 Å². The molecule has 2 aliphatic rings. The van der Waals surface area contributed by atoms with E-state index < -0.39 is 11.5 Å². The van der Waals surface area contributed by atoms with E-state index in [1.54, 1.807) is 4.90 Å². The zero-order chi connectivity index (χ0) is 13.9. The fourth-order valence-corrected chi connectivity index (χ4v) is 2.93. The Balaban J connectivity index is 1.83. The van der Waals surface area contributed by atoms with Gasteiger partial charge in [0, 0.05) is 38.3 Å². The average molecular weight is 288 g/mol. The maximum atomic E-state index is 11.8. The number of aliphatic carboxylic acids is 1. The van der Waals surface area contributed by atoms with E-state index >= 15 is 0 Å². The molecule has 2 fully saturated rings. The van der Waals surface area contributed by atoms with Crippen LogP contribution in [0.2, 0.25) is 0 Å². The molecule has 2 saturated heterocycles. The van der Waals surface area contributed by atoms with Crippen LogP contribution in [0.5, 0.6) is 0 Å². The van der Waals surface area contributed by atoms with Crippen LogP contribution in [0.1, 0.15) is 12.8 Å². The highest BCUT2D eigenvalue weighted by atomic mass is 32.2. The van der Waals surface area contributed by atoms with Gasteiger partial charge in [0.05, 0.1) is 6.61 Å². The van der Waals surface area contributed by atoms with Crippen molar-refractivity contribution in [3.8, 4) is 0 Å². The van der Waals surface area contributed by atoms with Crippen molar-refractivity contribution < 1.29 is 24.2 Å². The average Bonchev–Trinajstić information content (AvgIpc) is 2.97. The van der Waals surface area contributed by atoms with Crippen LogP contribution in [-0.2, 0) is 14.3 Å². The quantitative estimate of drug-likeness (QED) is 0.733. The molecular formula is C11H16N2O5S. The van der Waals surface area contributed by atoms with Gasteiger partial charge in [0.15, 0.2) is 5.54 Å². The molecule has 7 nitrogen and oxygen atoms in total. The molecule has 0 aromatic heterocycles. The molecule has 1 unspecified atom stereocenters. The fraction of sp³-hybridized carbons (Fsp3) is 0.727. The summed E-state index contributed by atoms with van der Waals surface area (Å²) in [5.41, 5.74) is -1.30. The predicted octanol–water partition coefficient (Wildman–Crippen LogP) is -0.0948. The van der Waals surface area contributed by atoms with E-state index in [1.807, 2.05) is 0 Å². The van der Waals surface area contributed by atoms with Crippen molar-refractivity contribution in [1.29, 1.82) is 0 Å². The van der Waals surface area contributed by atoms with E-state index in [4.69, 9.17) is 4.74 Å². The van der Waals surface area contributed by atoms with Crippen LogP contribution >= 0.6 is 11.8 Å². The number of amides is 2. The number of rotatable bonds is 5. The third-order valence-corrected chi connectivity index (χ3v) is 4.16. The highest BCUT2D eigenvalue weighted by Gasteiger charge is 2.43. The number of carbonyl (C=O) groups excluding carboxylic acids is 2. The summed E-state index contributed by atoms with van der Waals surface area (Å²) in [6.45, 7) is 1.29. The number of hydrogen-bond acceptors (Lipinski definition) is 5. The predicted molar refractivity (Wildman–Crippen MR) is 68.0 cm³/mol. The molecule has 2 N–H and O–H groups in total. The van der Waals surface area contributed by atoms with E-state index in [-0.39, 0.29) is 30.6 Å². The van der Waals surface area contributed by atoms with Gasteiger partial charge >= 0.3 is 5.97 Å². The Bertz CT molecular complexity index is 395. The number of nitrogens with zero attached hydrogens (tertiary/aromatic N) is 1. The summed E-state index contributed by atoms with van der Waals surface area (Å²) in [5, 5.41) is 11.7. The van der Waals surface area contributed by atoms with E-state index in [1.165, 1.54) is 11.8 Å². The lowest BCUT2D eigenvalue weighted by molar-refractivity contribution is -0.147. The first-order chi connectivity index (χ1) is 9.03. The van der Waals surface area contributed by atoms with Gasteiger partial charge in [0.2, 0.25) is 5.91 Å². The van der Waals surface area contributed by atoms with E-state index in [0.29, 0.717) is 19.7 Å². The Morgan fingerprint density at radius 3 is 2.84 bits per heavy atom. The molecule has 0 radical (unpaired) electrons. The van der Waals surface area contributed by atoms with E-state index in [2.05, 4.69) is 5.32 Å². The molecule has 2 heterocycles. The minimum absolute atomic E-state index is 0.00737. The Morgan fingerprint density at radius 2 is 2.32 bits per heavy atom. The number of carboxylic acid groups (broad SMARTS) is 1. The van der Waals surface area contributed by atoms with E-state index in [9.17, 15) is 19.5 Å². The van der Waals surface area contributed by atoms with Crippen LogP contribution in [0.25, 0.3) is 0 Å². The van der Waals surface area contributed by atoms with Gasteiger partial charge in [-0.3, -0.25) is 9.59 Å². The lowest BCUT2D eigenvalue weighted by Gasteiger charge is -2.24. The second-order valence-electron chi connectivity index (χ2n) is 4.59. The number of carboxylic acids is 1. The monoisotopic (exact) mass is 288 g/mol. The lowest BCUT2D eigenvalue weighted by Crippen LogP contribution is -2.55. The molecule has 8 heteroatoms. The van der Waals surface area contributed by atoms with Crippen LogP contribution in [0.3, 0.4) is 0 Å². The summed E-state index contributed by atoms with van der Waals surface area (Å²) in [6, 6.07) is 0. The Hall–Kier alpha value is -1.28. The van der Waals surface area contributed by atoms with E-state index in [0.717, 1.165) is 5.75 Å². The zero-order valence-electron chi connectivity index (χ0n) is 10.4. The van der Waals surface area contributed by atoms with Gasteiger partial charge in [-0.05, 0) is 0 Å². The van der Waals surface area contributed by atoms with Crippen LogP contribution in [0.15, 0.2) is 0 Å². The summed E-state index contributed by atoms with van der Waals surface area (Å²) in [6.07, 6.45) is 0.383. The molecule has 2 rings (SSSR count). The maximum absolute atomic E-state index is 11.8. The van der Waals surface area contributed by atoms with Crippen molar-refractivity contribution in [2.75, 3.05) is 32.1 Å². The van der Waals surface area contributed by atoms with Gasteiger partial charge in [0.25, 0.3) is 5.24 Å². The molecule has 2 amide bonds. The molecule has 0 aromatic rings. The topological polar surface area (TPSA) is 95.9 Å². The first-order valence-electron chi connectivity index (χ1n) is 6.07. The van der Waals surface area contributed by atoms with Crippen LogP contribution in [0, 0.1) is 0 Å². The van der Waals surface area contributed by atoms with Crippen LogP contribution in [-0.4, -0.2) is 64.7 Å². The fourth-order valence-electron chi connectivity index (χ4n) is 2.08. The molecule has 0 bridgehead atoms. The molecule has 0 aliphatic carbocycles. The van der Waals surface area contributed by atoms with Crippen LogP contribution in [0.4, 0.5) is 4.79 Å². The number of thioether (sulfide) groups is 1. The van der Waals surface area contributed by atoms with Crippen LogP contribution < -0.4 is 5.32 Å². The summed E-state index contributed by atoms with van der Waals surface area (Å²) >= 11 is 1.24. The second-order valence-corrected chi connectivity index (χ2v) is 5.64. The number of nitrogens with one attached hydrogen (secondary N) is 1. The van der Waals surface area contributed by atoms with Gasteiger partial charge in [0.1, 0.15) is 0 Å². The summed E-state index contributed by atoms with van der Waals surface area (Å²) in [7, 11) is 0. The van der Waals surface area contributed by atoms with Crippen molar-refractivity contribution in [2.24, 2.45) is 0 Å². The lowest BCUT2D eigenvalue weighted by atomic mass is 9.99. The second kappa shape index (κ2) is 5.79. The van der Waals surface area contributed by atoms with Crippen molar-refractivity contribution in [2.45, 2.75) is 18.4 Å². The molecule has 2 aliphatic heterocycles. The van der Waals surface area contributed by atoms with Crippen molar-refractivity contribution >= 4 is 28.9 Å². The molecule has 19 heavy (non-hydrogen) atoms. The molecule has 0 saturated carbocycles. The standard InChI is InChI=1S/C11H16N2O5S/c14-8(1-3-13-4-6-19-10(13)17)12-11(9(15)16)2-5-18-7-11/h1-7H2,(H,12,14)(H,15,16).